The van der Waals surface area contributed by atoms with Gasteiger partial charge in [-0.25, -0.2) is 4.79 Å². The lowest BCUT2D eigenvalue weighted by Gasteiger charge is -2.20. The largest absolute Gasteiger partial charge is 0.427 e. The molecule has 0 fully saturated rings. The molecule has 2 N–H and O–H groups in total. The lowest BCUT2D eigenvalue weighted by atomic mass is 9.99. The minimum absolute atomic E-state index is 0.288. The summed E-state index contributed by atoms with van der Waals surface area (Å²) < 4.78 is 5.05. The Morgan fingerprint density at radius 1 is 0.815 bits per heavy atom. The normalized spacial score (nSPS) is 10.3. The fraction of sp³-hybridized carbons (Fsp3) is 0.0909. The SMILES string of the molecule is CC(=O)Oc1cccc(NC(=O)NC(c2ccccc2)c2ccccc2)c1. The summed E-state index contributed by atoms with van der Waals surface area (Å²) in [6.07, 6.45) is 0. The van der Waals surface area contributed by atoms with Gasteiger partial charge in [0.05, 0.1) is 6.04 Å². The van der Waals surface area contributed by atoms with Crippen LogP contribution < -0.4 is 15.4 Å². The van der Waals surface area contributed by atoms with Crippen LogP contribution in [0.3, 0.4) is 0 Å². The van der Waals surface area contributed by atoms with Crippen molar-refractivity contribution in [1.82, 2.24) is 5.32 Å². The van der Waals surface area contributed by atoms with Crippen molar-refractivity contribution in [2.24, 2.45) is 0 Å². The average Bonchev–Trinajstić information content (AvgIpc) is 2.67. The zero-order valence-electron chi connectivity index (χ0n) is 14.9. The van der Waals surface area contributed by atoms with Gasteiger partial charge in [-0.3, -0.25) is 4.79 Å². The summed E-state index contributed by atoms with van der Waals surface area (Å²) in [5.41, 5.74) is 2.49. The zero-order chi connectivity index (χ0) is 19.1. The van der Waals surface area contributed by atoms with E-state index in [1.807, 2.05) is 60.7 Å². The van der Waals surface area contributed by atoms with Gasteiger partial charge in [-0.1, -0.05) is 66.7 Å². The number of carbonyl (C=O) groups excluding carboxylic acids is 2. The highest BCUT2D eigenvalue weighted by molar-refractivity contribution is 5.90. The molecule has 0 atom stereocenters. The van der Waals surface area contributed by atoms with E-state index in [1.54, 1.807) is 24.3 Å². The third-order valence-corrected chi connectivity index (χ3v) is 3.89. The highest BCUT2D eigenvalue weighted by Crippen LogP contribution is 2.22. The molecule has 136 valence electrons. The minimum atomic E-state index is -0.412. The van der Waals surface area contributed by atoms with Crippen LogP contribution in [-0.4, -0.2) is 12.0 Å². The molecule has 0 saturated heterocycles. The molecule has 0 radical (unpaired) electrons. The molecule has 0 heterocycles. The number of hydrogen-bond donors (Lipinski definition) is 2. The molecule has 0 spiro atoms. The number of carbonyl (C=O) groups is 2. The molecule has 5 heteroatoms. The number of amides is 2. The van der Waals surface area contributed by atoms with Crippen molar-refractivity contribution in [3.63, 3.8) is 0 Å². The predicted octanol–water partition coefficient (Wildman–Crippen LogP) is 4.52. The maximum absolute atomic E-state index is 12.6. The number of rotatable bonds is 5. The Labute approximate surface area is 158 Å². The molecule has 0 aliphatic rings. The molecule has 3 aromatic rings. The molecule has 27 heavy (non-hydrogen) atoms. The Kier molecular flexibility index (Phi) is 5.84. The van der Waals surface area contributed by atoms with Crippen molar-refractivity contribution in [1.29, 1.82) is 0 Å². The van der Waals surface area contributed by atoms with Gasteiger partial charge in [0.2, 0.25) is 0 Å². The first-order chi connectivity index (χ1) is 13.1. The summed E-state index contributed by atoms with van der Waals surface area (Å²) >= 11 is 0. The molecular formula is C22H20N2O3. The fourth-order valence-electron chi connectivity index (χ4n) is 2.75. The molecule has 3 aromatic carbocycles. The Hall–Kier alpha value is -3.60. The highest BCUT2D eigenvalue weighted by Gasteiger charge is 2.16. The van der Waals surface area contributed by atoms with Crippen molar-refractivity contribution in [3.8, 4) is 5.75 Å². The topological polar surface area (TPSA) is 67.4 Å². The standard InChI is InChI=1S/C22H20N2O3/c1-16(25)27-20-14-8-13-19(15-20)23-22(26)24-21(17-9-4-2-5-10-17)18-11-6-3-7-12-18/h2-15,21H,1H3,(H2,23,24,26). The number of benzene rings is 3. The molecule has 0 aromatic heterocycles. The molecule has 0 saturated carbocycles. The van der Waals surface area contributed by atoms with Gasteiger partial charge in [0.15, 0.2) is 0 Å². The molecule has 2 amide bonds. The first kappa shape index (κ1) is 18.2. The number of anilines is 1. The second kappa shape index (κ2) is 8.67. The second-order valence-electron chi connectivity index (χ2n) is 5.97. The van der Waals surface area contributed by atoms with Crippen LogP contribution in [0.25, 0.3) is 0 Å². The van der Waals surface area contributed by atoms with Gasteiger partial charge >= 0.3 is 12.0 Å². The third-order valence-electron chi connectivity index (χ3n) is 3.89. The third kappa shape index (κ3) is 5.19. The molecular weight excluding hydrogens is 340 g/mol. The smallest absolute Gasteiger partial charge is 0.319 e. The van der Waals surface area contributed by atoms with Crippen molar-refractivity contribution in [3.05, 3.63) is 96.1 Å². The van der Waals surface area contributed by atoms with E-state index >= 15 is 0 Å². The molecule has 0 aliphatic carbocycles. The van der Waals surface area contributed by atoms with Crippen LogP contribution in [-0.2, 0) is 4.79 Å². The van der Waals surface area contributed by atoms with Gasteiger partial charge in [-0.15, -0.1) is 0 Å². The molecule has 3 rings (SSSR count). The van der Waals surface area contributed by atoms with Gasteiger partial charge in [-0.2, -0.15) is 0 Å². The summed E-state index contributed by atoms with van der Waals surface area (Å²) in [4.78, 5) is 23.7. The average molecular weight is 360 g/mol. The van der Waals surface area contributed by atoms with E-state index < -0.39 is 5.97 Å². The van der Waals surface area contributed by atoms with Crippen molar-refractivity contribution < 1.29 is 14.3 Å². The summed E-state index contributed by atoms with van der Waals surface area (Å²) in [5, 5.41) is 5.78. The van der Waals surface area contributed by atoms with Crippen molar-refractivity contribution in [2.75, 3.05) is 5.32 Å². The van der Waals surface area contributed by atoms with Crippen molar-refractivity contribution >= 4 is 17.7 Å². The Bertz CT molecular complexity index is 872. The Morgan fingerprint density at radius 2 is 1.41 bits per heavy atom. The molecule has 0 unspecified atom stereocenters. The lowest BCUT2D eigenvalue weighted by molar-refractivity contribution is -0.131. The summed E-state index contributed by atoms with van der Waals surface area (Å²) in [5.74, 6) is -0.0345. The van der Waals surface area contributed by atoms with Crippen molar-refractivity contribution in [2.45, 2.75) is 13.0 Å². The second-order valence-corrected chi connectivity index (χ2v) is 5.97. The van der Waals surface area contributed by atoms with Gasteiger partial charge in [0.1, 0.15) is 5.75 Å². The van der Waals surface area contributed by atoms with Crippen LogP contribution in [0, 0.1) is 0 Å². The lowest BCUT2D eigenvalue weighted by Crippen LogP contribution is -2.33. The first-order valence-electron chi connectivity index (χ1n) is 8.58. The summed E-state index contributed by atoms with van der Waals surface area (Å²) in [6, 6.07) is 25.6. The van der Waals surface area contributed by atoms with Gasteiger partial charge in [0, 0.05) is 18.7 Å². The van der Waals surface area contributed by atoms with Gasteiger partial charge in [0.25, 0.3) is 0 Å². The maximum Gasteiger partial charge on any atom is 0.319 e. The maximum atomic E-state index is 12.6. The van der Waals surface area contributed by atoms with Crippen LogP contribution in [0.4, 0.5) is 10.5 Å². The van der Waals surface area contributed by atoms with E-state index in [1.165, 1.54) is 6.92 Å². The monoisotopic (exact) mass is 360 g/mol. The van der Waals surface area contributed by atoms with E-state index in [0.717, 1.165) is 11.1 Å². The van der Waals surface area contributed by atoms with Crippen LogP contribution in [0.15, 0.2) is 84.9 Å². The van der Waals surface area contributed by atoms with Crippen LogP contribution in [0.5, 0.6) is 5.75 Å². The van der Waals surface area contributed by atoms with Crippen LogP contribution in [0.1, 0.15) is 24.1 Å². The van der Waals surface area contributed by atoms with Gasteiger partial charge in [-0.05, 0) is 23.3 Å². The predicted molar refractivity (Wildman–Crippen MR) is 105 cm³/mol. The first-order valence-corrected chi connectivity index (χ1v) is 8.58. The number of urea groups is 1. The quantitative estimate of drug-likeness (QED) is 0.519. The molecule has 0 bridgehead atoms. The zero-order valence-corrected chi connectivity index (χ0v) is 14.9. The van der Waals surface area contributed by atoms with E-state index in [9.17, 15) is 9.59 Å². The molecule has 5 nitrogen and oxygen atoms in total. The van der Waals surface area contributed by atoms with Crippen LogP contribution >= 0.6 is 0 Å². The highest BCUT2D eigenvalue weighted by atomic mass is 16.5. The van der Waals surface area contributed by atoms with Gasteiger partial charge < -0.3 is 15.4 Å². The Morgan fingerprint density at radius 3 is 1.96 bits per heavy atom. The Balaban J connectivity index is 1.76. The molecule has 0 aliphatic heterocycles. The number of ether oxygens (including phenoxy) is 1. The summed E-state index contributed by atoms with van der Waals surface area (Å²) in [7, 11) is 0. The van der Waals surface area contributed by atoms with E-state index in [2.05, 4.69) is 10.6 Å². The summed E-state index contributed by atoms with van der Waals surface area (Å²) in [6.45, 7) is 1.33. The fourth-order valence-corrected chi connectivity index (χ4v) is 2.75. The number of nitrogens with one attached hydrogen (secondary N) is 2. The van der Waals surface area contributed by atoms with E-state index in [0.29, 0.717) is 11.4 Å². The van der Waals surface area contributed by atoms with E-state index in [-0.39, 0.29) is 12.1 Å². The minimum Gasteiger partial charge on any atom is -0.427 e. The number of hydrogen-bond acceptors (Lipinski definition) is 3. The van der Waals surface area contributed by atoms with E-state index in [4.69, 9.17) is 4.74 Å². The number of esters is 1. The van der Waals surface area contributed by atoms with Crippen LogP contribution in [0.2, 0.25) is 0 Å².